The summed E-state index contributed by atoms with van der Waals surface area (Å²) >= 11 is 0. The van der Waals surface area contributed by atoms with Crippen LogP contribution in [0.3, 0.4) is 0 Å². The van der Waals surface area contributed by atoms with Crippen LogP contribution in [0.5, 0.6) is 0 Å². The number of imidazole rings is 1. The molecule has 2 atom stereocenters. The Balaban J connectivity index is 2.01. The Morgan fingerprint density at radius 2 is 2.29 bits per heavy atom. The number of pyridine rings is 1. The van der Waals surface area contributed by atoms with E-state index in [1.54, 1.807) is 0 Å². The second-order valence-corrected chi connectivity index (χ2v) is 4.50. The maximum absolute atomic E-state index is 5.70. The third kappa shape index (κ3) is 1.76. The molecule has 1 fully saturated rings. The number of aromatic nitrogens is 3. The van der Waals surface area contributed by atoms with Gasteiger partial charge in [0.2, 0.25) is 0 Å². The number of anilines is 1. The first-order chi connectivity index (χ1) is 8.28. The van der Waals surface area contributed by atoms with E-state index in [0.29, 0.717) is 5.92 Å². The molecule has 0 saturated carbocycles. The molecule has 2 aromatic rings. The number of fused-ring (bicyclic) bond motifs is 1. The molecular formula is C12H16N4O. The molecule has 0 amide bonds. The molecule has 3 heterocycles. The molecule has 5 heteroatoms. The molecule has 1 aliphatic rings. The van der Waals surface area contributed by atoms with Gasteiger partial charge in [0, 0.05) is 13.7 Å². The van der Waals surface area contributed by atoms with Crippen molar-refractivity contribution in [2.45, 2.75) is 19.4 Å². The molecule has 17 heavy (non-hydrogen) atoms. The fourth-order valence-corrected chi connectivity index (χ4v) is 2.23. The van der Waals surface area contributed by atoms with Gasteiger partial charge in [-0.05, 0) is 24.5 Å². The maximum atomic E-state index is 5.70. The van der Waals surface area contributed by atoms with Gasteiger partial charge in [0.15, 0.2) is 5.65 Å². The molecule has 90 valence electrons. The number of H-pyrrole nitrogens is 1. The van der Waals surface area contributed by atoms with Crippen LogP contribution in [-0.4, -0.2) is 28.6 Å². The van der Waals surface area contributed by atoms with E-state index in [1.165, 1.54) is 0 Å². The van der Waals surface area contributed by atoms with Gasteiger partial charge in [-0.3, -0.25) is 0 Å². The van der Waals surface area contributed by atoms with Crippen LogP contribution in [0, 0.1) is 5.92 Å². The Morgan fingerprint density at radius 1 is 1.41 bits per heavy atom. The molecule has 0 radical (unpaired) electrons. The van der Waals surface area contributed by atoms with Crippen LogP contribution in [0.25, 0.3) is 11.2 Å². The molecule has 1 saturated heterocycles. The average molecular weight is 232 g/mol. The Hall–Kier alpha value is -1.62. The summed E-state index contributed by atoms with van der Waals surface area (Å²) in [5.74, 6) is 2.24. The minimum absolute atomic E-state index is 0.0854. The Bertz CT molecular complexity index is 536. The SMILES string of the molecule is CNc1ccc2[nH]c(C3OCCC3C)nc2n1. The Labute approximate surface area is 99.6 Å². The van der Waals surface area contributed by atoms with Crippen LogP contribution in [0.2, 0.25) is 0 Å². The molecule has 3 rings (SSSR count). The number of hydrogen-bond donors (Lipinski definition) is 2. The predicted octanol–water partition coefficient (Wildman–Crippen LogP) is 2.10. The summed E-state index contributed by atoms with van der Waals surface area (Å²) in [6, 6.07) is 3.92. The number of rotatable bonds is 2. The van der Waals surface area contributed by atoms with Gasteiger partial charge in [-0.15, -0.1) is 0 Å². The van der Waals surface area contributed by atoms with Crippen molar-refractivity contribution in [3.8, 4) is 0 Å². The first-order valence-electron chi connectivity index (χ1n) is 5.94. The van der Waals surface area contributed by atoms with E-state index in [0.717, 1.165) is 35.8 Å². The monoisotopic (exact) mass is 232 g/mol. The normalized spacial score (nSPS) is 24.4. The fraction of sp³-hybridized carbons (Fsp3) is 0.500. The quantitative estimate of drug-likeness (QED) is 0.832. The molecular weight excluding hydrogens is 216 g/mol. The van der Waals surface area contributed by atoms with Crippen LogP contribution >= 0.6 is 0 Å². The number of ether oxygens (including phenoxy) is 1. The highest BCUT2D eigenvalue weighted by Crippen LogP contribution is 2.33. The summed E-state index contributed by atoms with van der Waals surface area (Å²) in [7, 11) is 1.85. The molecule has 2 unspecified atom stereocenters. The van der Waals surface area contributed by atoms with Crippen LogP contribution in [0.15, 0.2) is 12.1 Å². The van der Waals surface area contributed by atoms with Crippen LogP contribution in [0.4, 0.5) is 5.82 Å². The predicted molar refractivity (Wildman–Crippen MR) is 65.9 cm³/mol. The van der Waals surface area contributed by atoms with Gasteiger partial charge in [-0.2, -0.15) is 0 Å². The van der Waals surface area contributed by atoms with Crippen molar-refractivity contribution in [2.75, 3.05) is 19.0 Å². The van der Waals surface area contributed by atoms with E-state index in [4.69, 9.17) is 4.74 Å². The number of nitrogens with one attached hydrogen (secondary N) is 2. The average Bonchev–Trinajstić information content (AvgIpc) is 2.93. The van der Waals surface area contributed by atoms with Crippen LogP contribution in [0.1, 0.15) is 25.3 Å². The molecule has 0 bridgehead atoms. The summed E-state index contributed by atoms with van der Waals surface area (Å²) in [4.78, 5) is 12.2. The van der Waals surface area contributed by atoms with E-state index in [2.05, 4.69) is 27.2 Å². The summed E-state index contributed by atoms with van der Waals surface area (Å²) in [5, 5.41) is 3.01. The van der Waals surface area contributed by atoms with Crippen molar-refractivity contribution >= 4 is 17.0 Å². The summed E-state index contributed by atoms with van der Waals surface area (Å²) in [6.07, 6.45) is 1.18. The topological polar surface area (TPSA) is 62.8 Å². The lowest BCUT2D eigenvalue weighted by Crippen LogP contribution is -2.05. The molecule has 2 aromatic heterocycles. The standard InChI is InChI=1S/C12H16N4O/c1-7-5-6-17-10(7)12-14-8-3-4-9(13-2)15-11(8)16-12/h3-4,7,10H,5-6H2,1-2H3,(H2,13,14,15,16). The zero-order valence-electron chi connectivity index (χ0n) is 10.0. The molecule has 0 aromatic carbocycles. The highest BCUT2D eigenvalue weighted by molar-refractivity contribution is 5.72. The molecule has 2 N–H and O–H groups in total. The minimum Gasteiger partial charge on any atom is -0.373 e. The zero-order chi connectivity index (χ0) is 11.8. The second-order valence-electron chi connectivity index (χ2n) is 4.50. The van der Waals surface area contributed by atoms with Gasteiger partial charge in [0.25, 0.3) is 0 Å². The van der Waals surface area contributed by atoms with Gasteiger partial charge in [-0.1, -0.05) is 6.92 Å². The van der Waals surface area contributed by atoms with E-state index in [-0.39, 0.29) is 6.10 Å². The second kappa shape index (κ2) is 4.00. The molecule has 5 nitrogen and oxygen atoms in total. The van der Waals surface area contributed by atoms with Gasteiger partial charge >= 0.3 is 0 Å². The van der Waals surface area contributed by atoms with E-state index in [9.17, 15) is 0 Å². The van der Waals surface area contributed by atoms with Crippen LogP contribution < -0.4 is 5.32 Å². The van der Waals surface area contributed by atoms with E-state index in [1.807, 2.05) is 19.2 Å². The first-order valence-corrected chi connectivity index (χ1v) is 5.94. The summed E-state index contributed by atoms with van der Waals surface area (Å²) < 4.78 is 5.70. The third-order valence-corrected chi connectivity index (χ3v) is 3.28. The van der Waals surface area contributed by atoms with Crippen molar-refractivity contribution in [1.82, 2.24) is 15.0 Å². The van der Waals surface area contributed by atoms with Crippen molar-refractivity contribution in [3.05, 3.63) is 18.0 Å². The first kappa shape index (κ1) is 10.5. The lowest BCUT2D eigenvalue weighted by atomic mass is 10.0. The molecule has 0 aliphatic carbocycles. The lowest BCUT2D eigenvalue weighted by molar-refractivity contribution is 0.0882. The van der Waals surface area contributed by atoms with Crippen molar-refractivity contribution in [1.29, 1.82) is 0 Å². The lowest BCUT2D eigenvalue weighted by Gasteiger charge is -2.10. The van der Waals surface area contributed by atoms with Crippen molar-refractivity contribution in [2.24, 2.45) is 5.92 Å². The van der Waals surface area contributed by atoms with Gasteiger partial charge < -0.3 is 15.0 Å². The zero-order valence-corrected chi connectivity index (χ0v) is 10.0. The largest absolute Gasteiger partial charge is 0.373 e. The highest BCUT2D eigenvalue weighted by atomic mass is 16.5. The molecule has 0 spiro atoms. The van der Waals surface area contributed by atoms with Crippen molar-refractivity contribution in [3.63, 3.8) is 0 Å². The summed E-state index contributed by atoms with van der Waals surface area (Å²) in [5.41, 5.74) is 1.70. The van der Waals surface area contributed by atoms with Crippen LogP contribution in [-0.2, 0) is 4.74 Å². The number of aromatic amines is 1. The summed E-state index contributed by atoms with van der Waals surface area (Å²) in [6.45, 7) is 3.01. The maximum Gasteiger partial charge on any atom is 0.179 e. The fourth-order valence-electron chi connectivity index (χ4n) is 2.23. The van der Waals surface area contributed by atoms with E-state index < -0.39 is 0 Å². The van der Waals surface area contributed by atoms with Crippen molar-refractivity contribution < 1.29 is 4.74 Å². The Morgan fingerprint density at radius 3 is 3.00 bits per heavy atom. The smallest absolute Gasteiger partial charge is 0.179 e. The van der Waals surface area contributed by atoms with Gasteiger partial charge in [-0.25, -0.2) is 9.97 Å². The Kier molecular flexibility index (Phi) is 2.48. The highest BCUT2D eigenvalue weighted by Gasteiger charge is 2.28. The van der Waals surface area contributed by atoms with Gasteiger partial charge in [0.1, 0.15) is 17.7 Å². The number of nitrogens with zero attached hydrogens (tertiary/aromatic N) is 2. The van der Waals surface area contributed by atoms with Gasteiger partial charge in [0.05, 0.1) is 5.52 Å². The number of hydrogen-bond acceptors (Lipinski definition) is 4. The van der Waals surface area contributed by atoms with E-state index >= 15 is 0 Å². The molecule has 1 aliphatic heterocycles. The minimum atomic E-state index is 0.0854. The third-order valence-electron chi connectivity index (χ3n) is 3.28.